The predicted octanol–water partition coefficient (Wildman–Crippen LogP) is 4.61. The van der Waals surface area contributed by atoms with Gasteiger partial charge in [-0.05, 0) is 61.2 Å². The van der Waals surface area contributed by atoms with Crippen LogP contribution in [0.1, 0.15) is 18.1 Å². The van der Waals surface area contributed by atoms with Crippen LogP contribution in [0.3, 0.4) is 0 Å². The summed E-state index contributed by atoms with van der Waals surface area (Å²) in [7, 11) is 4.50. The summed E-state index contributed by atoms with van der Waals surface area (Å²) in [6.07, 6.45) is 2.96. The average molecular weight is 471 g/mol. The van der Waals surface area contributed by atoms with Gasteiger partial charge in [0.15, 0.2) is 0 Å². The summed E-state index contributed by atoms with van der Waals surface area (Å²) in [5, 5.41) is 2.17. The van der Waals surface area contributed by atoms with Crippen LogP contribution in [0.5, 0.6) is 5.75 Å². The van der Waals surface area contributed by atoms with Crippen molar-refractivity contribution in [2.75, 3.05) is 32.6 Å². The minimum absolute atomic E-state index is 0.396. The van der Waals surface area contributed by atoms with Crippen molar-refractivity contribution in [2.45, 2.75) is 13.5 Å². The van der Waals surface area contributed by atoms with Gasteiger partial charge >= 0.3 is 6.09 Å². The Morgan fingerprint density at radius 3 is 2.48 bits per heavy atom. The van der Waals surface area contributed by atoms with Crippen molar-refractivity contribution < 1.29 is 23.8 Å². The van der Waals surface area contributed by atoms with Crippen LogP contribution in [0, 0.1) is 0 Å². The zero-order valence-corrected chi connectivity index (χ0v) is 19.9. The van der Waals surface area contributed by atoms with Gasteiger partial charge in [0, 0.05) is 12.7 Å². The normalized spacial score (nSPS) is 14.1. The highest BCUT2D eigenvalue weighted by molar-refractivity contribution is 8.15. The van der Waals surface area contributed by atoms with E-state index in [0.29, 0.717) is 28.8 Å². The number of aliphatic imine (C=N–C) groups is 2. The number of hydrogen-bond acceptors (Lipinski definition) is 9. The number of allylic oxidation sites excluding steroid dienone is 1. The molecule has 0 aromatic heterocycles. The smallest absolute Gasteiger partial charge is 0.434 e. The minimum Gasteiger partial charge on any atom is -0.497 e. The zero-order valence-electron chi connectivity index (χ0n) is 19.1. The summed E-state index contributed by atoms with van der Waals surface area (Å²) in [5.41, 5.74) is 6.50. The largest absolute Gasteiger partial charge is 0.497 e. The van der Waals surface area contributed by atoms with E-state index in [9.17, 15) is 4.79 Å². The lowest BCUT2D eigenvalue weighted by atomic mass is 10.1. The Morgan fingerprint density at radius 2 is 1.91 bits per heavy atom. The van der Waals surface area contributed by atoms with Gasteiger partial charge in [-0.2, -0.15) is 4.99 Å². The fourth-order valence-electron chi connectivity index (χ4n) is 3.02. The molecule has 2 aromatic carbocycles. The first-order valence-corrected chi connectivity index (χ1v) is 11.2. The van der Waals surface area contributed by atoms with Crippen LogP contribution >= 0.6 is 11.8 Å². The van der Waals surface area contributed by atoms with Crippen LogP contribution in [0.2, 0.25) is 0 Å². The molecule has 2 aromatic rings. The molecule has 0 radical (unpaired) electrons. The van der Waals surface area contributed by atoms with Gasteiger partial charge in [0.05, 0.1) is 38.4 Å². The third kappa shape index (κ3) is 6.35. The highest BCUT2D eigenvalue weighted by Crippen LogP contribution is 2.26. The molecule has 1 heterocycles. The van der Waals surface area contributed by atoms with Crippen LogP contribution in [-0.2, 0) is 20.9 Å². The molecule has 0 saturated carbocycles. The van der Waals surface area contributed by atoms with Crippen LogP contribution < -0.4 is 15.3 Å². The van der Waals surface area contributed by atoms with Crippen molar-refractivity contribution in [3.63, 3.8) is 0 Å². The maximum Gasteiger partial charge on any atom is 0.434 e. The van der Waals surface area contributed by atoms with Crippen molar-refractivity contribution in [3.05, 3.63) is 65.6 Å². The molecule has 0 aliphatic carbocycles. The molecule has 0 bridgehead atoms. The van der Waals surface area contributed by atoms with Gasteiger partial charge in [-0.25, -0.2) is 14.8 Å². The number of anilines is 1. The van der Waals surface area contributed by atoms with Crippen molar-refractivity contribution in [1.29, 1.82) is 0 Å². The Balaban J connectivity index is 2.07. The van der Waals surface area contributed by atoms with E-state index in [2.05, 4.69) is 10.6 Å². The standard InChI is InChI=1S/C23H26N4O5S/c1-15-13-27(26-32-15)19-8-6-18(7-9-19)24-21(22(33-5)25-23(28)31-4)17-10-16(14-29-2)11-20(12-17)30-3/h6-13,26H,14H2,1-5H3. The molecule has 1 amide bonds. The highest BCUT2D eigenvalue weighted by Gasteiger charge is 2.17. The number of carbonyl (C=O) groups is 1. The molecule has 0 spiro atoms. The van der Waals surface area contributed by atoms with E-state index in [1.54, 1.807) is 19.2 Å². The Labute approximate surface area is 197 Å². The van der Waals surface area contributed by atoms with Crippen molar-refractivity contribution in [1.82, 2.24) is 5.59 Å². The van der Waals surface area contributed by atoms with E-state index in [-0.39, 0.29) is 0 Å². The Morgan fingerprint density at radius 1 is 1.15 bits per heavy atom. The predicted molar refractivity (Wildman–Crippen MR) is 130 cm³/mol. The van der Waals surface area contributed by atoms with Gasteiger partial charge in [-0.1, -0.05) is 5.59 Å². The number of nitrogens with zero attached hydrogens (tertiary/aromatic N) is 3. The van der Waals surface area contributed by atoms with Crippen LogP contribution in [-0.4, -0.2) is 44.4 Å². The number of thioether (sulfide) groups is 1. The number of ether oxygens (including phenoxy) is 3. The van der Waals surface area contributed by atoms with E-state index in [4.69, 9.17) is 24.0 Å². The number of hydrogen-bond donors (Lipinski definition) is 1. The molecule has 0 atom stereocenters. The number of benzene rings is 2. The van der Waals surface area contributed by atoms with Gasteiger partial charge in [-0.15, -0.1) is 11.8 Å². The second-order valence-electron chi connectivity index (χ2n) is 6.87. The Hall–Kier alpha value is -3.34. The van der Waals surface area contributed by atoms with Crippen molar-refractivity contribution in [2.24, 2.45) is 9.98 Å². The summed E-state index contributed by atoms with van der Waals surface area (Å²) >= 11 is 1.30. The molecule has 10 heteroatoms. The fraction of sp³-hybridized carbons (Fsp3) is 0.261. The molecule has 0 unspecified atom stereocenters. The number of nitrogens with one attached hydrogen (secondary N) is 1. The first-order valence-electron chi connectivity index (χ1n) is 9.94. The van der Waals surface area contributed by atoms with E-state index in [1.807, 2.05) is 61.8 Å². The van der Waals surface area contributed by atoms with Crippen LogP contribution in [0.15, 0.2) is 64.4 Å². The molecule has 1 aliphatic rings. The van der Waals surface area contributed by atoms with Gasteiger partial charge in [-0.3, -0.25) is 0 Å². The molecule has 0 saturated heterocycles. The number of hydrazine groups is 1. The summed E-state index contributed by atoms with van der Waals surface area (Å²) in [6.45, 7) is 2.25. The van der Waals surface area contributed by atoms with Crippen LogP contribution in [0.4, 0.5) is 16.2 Å². The highest BCUT2D eigenvalue weighted by atomic mass is 32.2. The lowest BCUT2D eigenvalue weighted by molar-refractivity contribution is 0.132. The van der Waals surface area contributed by atoms with Crippen LogP contribution in [0.25, 0.3) is 0 Å². The molecule has 9 nitrogen and oxygen atoms in total. The summed E-state index contributed by atoms with van der Waals surface area (Å²) < 4.78 is 15.5. The third-order valence-electron chi connectivity index (χ3n) is 4.53. The van der Waals surface area contributed by atoms with Crippen molar-refractivity contribution >= 4 is 40.0 Å². The quantitative estimate of drug-likeness (QED) is 0.463. The van der Waals surface area contributed by atoms with Gasteiger partial charge in [0.25, 0.3) is 0 Å². The molecule has 174 valence electrons. The van der Waals surface area contributed by atoms with Gasteiger partial charge in [0.2, 0.25) is 0 Å². The van der Waals surface area contributed by atoms with Gasteiger partial charge in [0.1, 0.15) is 22.3 Å². The van der Waals surface area contributed by atoms with E-state index >= 15 is 0 Å². The molecule has 3 rings (SSSR count). The average Bonchev–Trinajstić information content (AvgIpc) is 3.27. The third-order valence-corrected chi connectivity index (χ3v) is 5.21. The van der Waals surface area contributed by atoms with E-state index in [1.165, 1.54) is 18.9 Å². The lowest BCUT2D eigenvalue weighted by Gasteiger charge is -2.14. The molecule has 0 fully saturated rings. The van der Waals surface area contributed by atoms with E-state index < -0.39 is 6.09 Å². The van der Waals surface area contributed by atoms with Gasteiger partial charge < -0.3 is 19.0 Å². The summed E-state index contributed by atoms with van der Waals surface area (Å²) in [6, 6.07) is 13.2. The monoisotopic (exact) mass is 470 g/mol. The molecular formula is C23H26N4O5S. The minimum atomic E-state index is -0.704. The fourth-order valence-corrected chi connectivity index (χ4v) is 3.55. The number of carbonyl (C=O) groups excluding carboxylic acids is 1. The molecular weight excluding hydrogens is 444 g/mol. The number of rotatable bonds is 7. The number of methoxy groups -OCH3 is 3. The van der Waals surface area contributed by atoms with Crippen molar-refractivity contribution in [3.8, 4) is 5.75 Å². The molecule has 1 N–H and O–H groups in total. The topological polar surface area (TPSA) is 94.0 Å². The molecule has 33 heavy (non-hydrogen) atoms. The first kappa shape index (κ1) is 24.3. The Bertz CT molecular complexity index is 1080. The molecule has 1 aliphatic heterocycles. The maximum absolute atomic E-state index is 11.9. The maximum atomic E-state index is 11.9. The SMILES string of the molecule is COCc1cc(OC)cc(C(=Nc2ccc(N3C=C(C)ON3)cc2)C(=NC(=O)OC)SC)c1. The Kier molecular flexibility index (Phi) is 8.47. The second kappa shape index (κ2) is 11.5. The zero-order chi connectivity index (χ0) is 23.8. The second-order valence-corrected chi connectivity index (χ2v) is 7.67. The number of amides is 1. The summed E-state index contributed by atoms with van der Waals surface area (Å²) in [4.78, 5) is 26.1. The first-order chi connectivity index (χ1) is 16.0. The lowest BCUT2D eigenvalue weighted by Crippen LogP contribution is -2.26. The summed E-state index contributed by atoms with van der Waals surface area (Å²) in [5.74, 6) is 1.40. The van der Waals surface area contributed by atoms with E-state index in [0.717, 1.165) is 22.6 Å².